The van der Waals surface area contributed by atoms with E-state index < -0.39 is 10.0 Å². The van der Waals surface area contributed by atoms with Gasteiger partial charge in [0.15, 0.2) is 5.78 Å². The van der Waals surface area contributed by atoms with Gasteiger partial charge in [-0.2, -0.15) is 0 Å². The van der Waals surface area contributed by atoms with Crippen LogP contribution in [0.5, 0.6) is 0 Å². The molecule has 1 aliphatic heterocycles. The van der Waals surface area contributed by atoms with E-state index in [4.69, 9.17) is 0 Å². The van der Waals surface area contributed by atoms with Gasteiger partial charge in [-0.3, -0.25) is 13.9 Å². The van der Waals surface area contributed by atoms with Crippen molar-refractivity contribution in [3.05, 3.63) is 65.7 Å². The highest BCUT2D eigenvalue weighted by Crippen LogP contribution is 2.24. The summed E-state index contributed by atoms with van der Waals surface area (Å²) in [5.74, 6) is -0.205. The van der Waals surface area contributed by atoms with Crippen molar-refractivity contribution in [3.8, 4) is 0 Å². The third kappa shape index (κ3) is 4.62. The van der Waals surface area contributed by atoms with Crippen LogP contribution in [0.25, 0.3) is 6.08 Å². The Morgan fingerprint density at radius 1 is 1.11 bits per heavy atom. The van der Waals surface area contributed by atoms with Crippen molar-refractivity contribution >= 4 is 39.2 Å². The standard InChI is InChI=1S/C20H20N2O4S/c1-15(23)17-4-2-5-18(14-17)21-20(24)11-8-16-6-9-19(10-7-16)22-12-3-13-27(22,25)26/h2,4-11,14H,3,12-13H2,1H3,(H,21,24)/b11-8+. The quantitative estimate of drug-likeness (QED) is 0.634. The van der Waals surface area contributed by atoms with Crippen LogP contribution < -0.4 is 9.62 Å². The molecule has 1 aliphatic rings. The number of hydrogen-bond acceptors (Lipinski definition) is 4. The first kappa shape index (κ1) is 18.8. The van der Waals surface area contributed by atoms with E-state index in [1.807, 2.05) is 0 Å². The number of carbonyl (C=O) groups excluding carboxylic acids is 2. The Labute approximate surface area is 158 Å². The Bertz CT molecular complexity index is 995. The summed E-state index contributed by atoms with van der Waals surface area (Å²) in [5.41, 5.74) is 2.49. The van der Waals surface area contributed by atoms with E-state index >= 15 is 0 Å². The maximum atomic E-state index is 12.1. The molecule has 2 aromatic rings. The van der Waals surface area contributed by atoms with Crippen molar-refractivity contribution in [1.29, 1.82) is 0 Å². The van der Waals surface area contributed by atoms with Crippen LogP contribution in [0, 0.1) is 0 Å². The summed E-state index contributed by atoms with van der Waals surface area (Å²) in [7, 11) is -3.20. The molecular weight excluding hydrogens is 364 g/mol. The van der Waals surface area contributed by atoms with Crippen molar-refractivity contribution < 1.29 is 18.0 Å². The third-order valence-corrected chi connectivity index (χ3v) is 6.11. The maximum absolute atomic E-state index is 12.1. The topological polar surface area (TPSA) is 83.6 Å². The van der Waals surface area contributed by atoms with Crippen LogP contribution >= 0.6 is 0 Å². The van der Waals surface area contributed by atoms with E-state index in [1.165, 1.54) is 17.3 Å². The van der Waals surface area contributed by atoms with Gasteiger partial charge in [-0.15, -0.1) is 0 Å². The van der Waals surface area contributed by atoms with Gasteiger partial charge in [-0.05, 0) is 49.2 Å². The average Bonchev–Trinajstić information content (AvgIpc) is 3.00. The Hall–Kier alpha value is -2.93. The molecule has 1 N–H and O–H groups in total. The van der Waals surface area contributed by atoms with Crippen molar-refractivity contribution in [2.24, 2.45) is 0 Å². The van der Waals surface area contributed by atoms with Crippen molar-refractivity contribution in [2.75, 3.05) is 21.9 Å². The molecular formula is C20H20N2O4S. The second-order valence-corrected chi connectivity index (χ2v) is 8.31. The zero-order valence-electron chi connectivity index (χ0n) is 14.9. The Kier molecular flexibility index (Phi) is 5.41. The second kappa shape index (κ2) is 7.75. The number of benzene rings is 2. The third-order valence-electron chi connectivity index (χ3n) is 4.24. The van der Waals surface area contributed by atoms with Crippen molar-refractivity contribution in [3.63, 3.8) is 0 Å². The molecule has 0 unspecified atom stereocenters. The molecule has 2 aromatic carbocycles. The number of rotatable bonds is 5. The van der Waals surface area contributed by atoms with Crippen molar-refractivity contribution in [1.82, 2.24) is 0 Å². The normalized spacial score (nSPS) is 15.8. The number of anilines is 2. The van der Waals surface area contributed by atoms with Crippen LogP contribution in [-0.4, -0.2) is 32.4 Å². The SMILES string of the molecule is CC(=O)c1cccc(NC(=O)/C=C/c2ccc(N3CCCS3(=O)=O)cc2)c1. The summed E-state index contributed by atoms with van der Waals surface area (Å²) in [5, 5.41) is 2.71. The molecule has 0 atom stereocenters. The molecule has 140 valence electrons. The van der Waals surface area contributed by atoms with Gasteiger partial charge in [0.05, 0.1) is 11.4 Å². The van der Waals surface area contributed by atoms with Gasteiger partial charge in [0.2, 0.25) is 15.9 Å². The molecule has 7 heteroatoms. The molecule has 0 saturated carbocycles. The largest absolute Gasteiger partial charge is 0.322 e. The molecule has 0 bridgehead atoms. The molecule has 6 nitrogen and oxygen atoms in total. The first-order valence-electron chi connectivity index (χ1n) is 8.56. The van der Waals surface area contributed by atoms with Crippen LogP contribution in [0.3, 0.4) is 0 Å². The van der Waals surface area contributed by atoms with Crippen molar-refractivity contribution in [2.45, 2.75) is 13.3 Å². The molecule has 1 heterocycles. The number of sulfonamides is 1. The minimum Gasteiger partial charge on any atom is -0.322 e. The van der Waals surface area contributed by atoms with E-state index in [1.54, 1.807) is 54.6 Å². The van der Waals surface area contributed by atoms with E-state index in [0.29, 0.717) is 29.9 Å². The fourth-order valence-electron chi connectivity index (χ4n) is 2.85. The lowest BCUT2D eigenvalue weighted by molar-refractivity contribution is -0.111. The summed E-state index contributed by atoms with van der Waals surface area (Å²) in [6.45, 7) is 1.97. The lowest BCUT2D eigenvalue weighted by Crippen LogP contribution is -2.24. The molecule has 27 heavy (non-hydrogen) atoms. The minimum atomic E-state index is -3.20. The van der Waals surface area contributed by atoms with Gasteiger partial charge in [-0.1, -0.05) is 24.3 Å². The van der Waals surface area contributed by atoms with Crippen LogP contribution in [0.15, 0.2) is 54.6 Å². The van der Waals surface area contributed by atoms with Gasteiger partial charge in [-0.25, -0.2) is 8.42 Å². The number of ketones is 1. The monoisotopic (exact) mass is 384 g/mol. The Morgan fingerprint density at radius 2 is 1.85 bits per heavy atom. The van der Waals surface area contributed by atoms with E-state index in [-0.39, 0.29) is 17.4 Å². The molecule has 0 spiro atoms. The molecule has 1 fully saturated rings. The zero-order valence-corrected chi connectivity index (χ0v) is 15.7. The lowest BCUT2D eigenvalue weighted by Gasteiger charge is -2.16. The first-order valence-corrected chi connectivity index (χ1v) is 10.2. The second-order valence-electron chi connectivity index (χ2n) is 6.29. The number of carbonyl (C=O) groups is 2. The van der Waals surface area contributed by atoms with Crippen LogP contribution in [-0.2, 0) is 14.8 Å². The smallest absolute Gasteiger partial charge is 0.248 e. The van der Waals surface area contributed by atoms with Gasteiger partial charge in [0.25, 0.3) is 0 Å². The molecule has 1 amide bonds. The summed E-state index contributed by atoms with van der Waals surface area (Å²) in [4.78, 5) is 23.4. The van der Waals surface area contributed by atoms with E-state index in [9.17, 15) is 18.0 Å². The lowest BCUT2D eigenvalue weighted by atomic mass is 10.1. The number of Topliss-reactive ketones (excluding diaryl/α,β-unsaturated/α-hetero) is 1. The Morgan fingerprint density at radius 3 is 2.48 bits per heavy atom. The molecule has 0 aliphatic carbocycles. The van der Waals surface area contributed by atoms with Gasteiger partial charge < -0.3 is 5.32 Å². The fourth-order valence-corrected chi connectivity index (χ4v) is 4.42. The average molecular weight is 384 g/mol. The zero-order chi connectivity index (χ0) is 19.4. The first-order chi connectivity index (χ1) is 12.8. The molecule has 0 aromatic heterocycles. The molecule has 3 rings (SSSR count). The van der Waals surface area contributed by atoms with E-state index in [2.05, 4.69) is 5.32 Å². The van der Waals surface area contributed by atoms with Crippen LogP contribution in [0.4, 0.5) is 11.4 Å². The number of nitrogens with one attached hydrogen (secondary N) is 1. The van der Waals surface area contributed by atoms with Gasteiger partial charge in [0.1, 0.15) is 0 Å². The summed E-state index contributed by atoms with van der Waals surface area (Å²) < 4.78 is 25.3. The Balaban J connectivity index is 1.65. The predicted molar refractivity (Wildman–Crippen MR) is 106 cm³/mol. The number of amides is 1. The maximum Gasteiger partial charge on any atom is 0.248 e. The highest BCUT2D eigenvalue weighted by Gasteiger charge is 2.28. The fraction of sp³-hybridized carbons (Fsp3) is 0.200. The van der Waals surface area contributed by atoms with Crippen LogP contribution in [0.1, 0.15) is 29.3 Å². The van der Waals surface area contributed by atoms with Gasteiger partial charge in [0, 0.05) is 23.9 Å². The number of nitrogens with zero attached hydrogens (tertiary/aromatic N) is 1. The summed E-state index contributed by atoms with van der Waals surface area (Å²) >= 11 is 0. The van der Waals surface area contributed by atoms with Gasteiger partial charge >= 0.3 is 0 Å². The predicted octanol–water partition coefficient (Wildman–Crippen LogP) is 3.08. The van der Waals surface area contributed by atoms with E-state index in [0.717, 1.165) is 5.56 Å². The minimum absolute atomic E-state index is 0.0678. The van der Waals surface area contributed by atoms with Crippen LogP contribution in [0.2, 0.25) is 0 Å². The molecule has 1 saturated heterocycles. The summed E-state index contributed by atoms with van der Waals surface area (Å²) in [6, 6.07) is 13.7. The number of hydrogen-bond donors (Lipinski definition) is 1. The summed E-state index contributed by atoms with van der Waals surface area (Å²) in [6.07, 6.45) is 3.67. The highest BCUT2D eigenvalue weighted by molar-refractivity contribution is 7.93. The molecule has 0 radical (unpaired) electrons. The highest BCUT2D eigenvalue weighted by atomic mass is 32.2.